The molecule has 0 amide bonds. The first-order valence-corrected chi connectivity index (χ1v) is 8.67. The zero-order valence-corrected chi connectivity index (χ0v) is 14.3. The highest BCUT2D eigenvalue weighted by atomic mass is 19.1. The van der Waals surface area contributed by atoms with Crippen LogP contribution < -0.4 is 0 Å². The van der Waals surface area contributed by atoms with E-state index in [-0.39, 0.29) is 5.82 Å². The number of benzene rings is 4. The summed E-state index contributed by atoms with van der Waals surface area (Å²) < 4.78 is 14.5. The predicted molar refractivity (Wildman–Crippen MR) is 107 cm³/mol. The average molecular weight is 337 g/mol. The Morgan fingerprint density at radius 2 is 1.54 bits per heavy atom. The Hall–Kier alpha value is -3.26. The number of rotatable bonds is 1. The van der Waals surface area contributed by atoms with Gasteiger partial charge in [0.1, 0.15) is 5.82 Å². The lowest BCUT2D eigenvalue weighted by Crippen LogP contribution is -1.89. The van der Waals surface area contributed by atoms with Gasteiger partial charge >= 0.3 is 0 Å². The first-order chi connectivity index (χ1) is 12.7. The van der Waals surface area contributed by atoms with Crippen LogP contribution in [0.15, 0.2) is 79.0 Å². The molecule has 0 N–H and O–H groups in total. The molecule has 2 heteroatoms. The molecule has 0 spiro atoms. The van der Waals surface area contributed by atoms with Crippen LogP contribution in [0.4, 0.5) is 4.39 Å². The zero-order valence-electron chi connectivity index (χ0n) is 14.3. The number of fused-ring (bicyclic) bond motifs is 4. The molecule has 0 aliphatic carbocycles. The largest absolute Gasteiger partial charge is 0.256 e. The molecule has 0 bridgehead atoms. The Kier molecular flexibility index (Phi) is 3.26. The smallest absolute Gasteiger partial charge is 0.131 e. The molecule has 0 unspecified atom stereocenters. The number of halogens is 1. The van der Waals surface area contributed by atoms with Crippen molar-refractivity contribution < 1.29 is 4.39 Å². The van der Waals surface area contributed by atoms with Crippen molar-refractivity contribution in [3.63, 3.8) is 0 Å². The summed E-state index contributed by atoms with van der Waals surface area (Å²) in [4.78, 5) is 4.62. The van der Waals surface area contributed by atoms with E-state index in [4.69, 9.17) is 0 Å². The molecule has 5 rings (SSSR count). The summed E-state index contributed by atoms with van der Waals surface area (Å²) in [6.45, 7) is 2.10. The number of aryl methyl sites for hydroxylation is 1. The van der Waals surface area contributed by atoms with E-state index in [2.05, 4.69) is 48.3 Å². The molecule has 0 saturated heterocycles. The summed E-state index contributed by atoms with van der Waals surface area (Å²) in [7, 11) is 0. The molecule has 1 heterocycles. The van der Waals surface area contributed by atoms with Gasteiger partial charge in [-0.3, -0.25) is 4.98 Å². The van der Waals surface area contributed by atoms with Crippen molar-refractivity contribution in [1.82, 2.24) is 4.98 Å². The minimum Gasteiger partial charge on any atom is -0.256 e. The van der Waals surface area contributed by atoms with Crippen molar-refractivity contribution >= 4 is 32.3 Å². The van der Waals surface area contributed by atoms with E-state index < -0.39 is 0 Å². The van der Waals surface area contributed by atoms with Crippen molar-refractivity contribution in [2.24, 2.45) is 0 Å². The maximum Gasteiger partial charge on any atom is 0.131 e. The van der Waals surface area contributed by atoms with E-state index in [9.17, 15) is 4.39 Å². The van der Waals surface area contributed by atoms with Crippen LogP contribution in [0.1, 0.15) is 5.56 Å². The summed E-state index contributed by atoms with van der Waals surface area (Å²) in [5, 5.41) is 5.82. The van der Waals surface area contributed by atoms with Gasteiger partial charge in [0.05, 0.1) is 5.69 Å². The maximum absolute atomic E-state index is 14.5. The highest BCUT2D eigenvalue weighted by Crippen LogP contribution is 2.34. The molecule has 0 aliphatic rings. The first kappa shape index (κ1) is 15.0. The minimum absolute atomic E-state index is 0.195. The Labute approximate surface area is 150 Å². The lowest BCUT2D eigenvalue weighted by atomic mass is 9.97. The molecule has 5 aromatic rings. The molecule has 0 saturated carbocycles. The standard InChI is InChI=1S/C24H16FN/c1-15-5-6-18-14-19(8-7-17(18)13-15)24-21-10-9-16-3-2-4-22(25)23(16)20(21)11-12-26-24/h2-14H,1H3. The van der Waals surface area contributed by atoms with Crippen LogP contribution in [-0.4, -0.2) is 4.98 Å². The highest BCUT2D eigenvalue weighted by Gasteiger charge is 2.11. The van der Waals surface area contributed by atoms with Gasteiger partial charge in [0, 0.05) is 22.5 Å². The van der Waals surface area contributed by atoms with Crippen molar-refractivity contribution in [1.29, 1.82) is 0 Å². The van der Waals surface area contributed by atoms with Crippen molar-refractivity contribution in [3.05, 3.63) is 90.4 Å². The normalized spacial score (nSPS) is 11.5. The lowest BCUT2D eigenvalue weighted by Gasteiger charge is -2.10. The van der Waals surface area contributed by atoms with Crippen LogP contribution in [0.25, 0.3) is 43.6 Å². The van der Waals surface area contributed by atoms with E-state index >= 15 is 0 Å². The van der Waals surface area contributed by atoms with Crippen molar-refractivity contribution in [2.75, 3.05) is 0 Å². The summed E-state index contributed by atoms with van der Waals surface area (Å²) in [6, 6.07) is 23.9. The monoisotopic (exact) mass is 337 g/mol. The fraction of sp³-hybridized carbons (Fsp3) is 0.0417. The third-order valence-electron chi connectivity index (χ3n) is 5.00. The van der Waals surface area contributed by atoms with E-state index in [1.54, 1.807) is 12.3 Å². The van der Waals surface area contributed by atoms with E-state index in [0.29, 0.717) is 5.39 Å². The topological polar surface area (TPSA) is 12.9 Å². The zero-order chi connectivity index (χ0) is 17.7. The molecule has 4 aromatic carbocycles. The van der Waals surface area contributed by atoms with Gasteiger partial charge in [-0.1, -0.05) is 60.2 Å². The van der Waals surface area contributed by atoms with Gasteiger partial charge in [0.2, 0.25) is 0 Å². The van der Waals surface area contributed by atoms with E-state index in [1.807, 2.05) is 24.3 Å². The molecule has 124 valence electrons. The summed E-state index contributed by atoms with van der Waals surface area (Å²) in [5.74, 6) is -0.195. The molecule has 0 atom stereocenters. The molecule has 26 heavy (non-hydrogen) atoms. The number of pyridine rings is 1. The third-order valence-corrected chi connectivity index (χ3v) is 5.00. The summed E-state index contributed by atoms with van der Waals surface area (Å²) in [6.07, 6.45) is 1.77. The average Bonchev–Trinajstić information content (AvgIpc) is 2.67. The highest BCUT2D eigenvalue weighted by molar-refractivity contribution is 6.11. The van der Waals surface area contributed by atoms with Gasteiger partial charge in [-0.05, 0) is 46.7 Å². The van der Waals surface area contributed by atoms with Crippen molar-refractivity contribution in [2.45, 2.75) is 6.92 Å². The number of aromatic nitrogens is 1. The van der Waals surface area contributed by atoms with E-state index in [0.717, 1.165) is 27.4 Å². The van der Waals surface area contributed by atoms with Gasteiger partial charge in [-0.2, -0.15) is 0 Å². The molecule has 1 aromatic heterocycles. The van der Waals surface area contributed by atoms with E-state index in [1.165, 1.54) is 22.4 Å². The van der Waals surface area contributed by atoms with Gasteiger partial charge in [-0.25, -0.2) is 4.39 Å². The first-order valence-electron chi connectivity index (χ1n) is 8.67. The molecule has 0 fully saturated rings. The molecular formula is C24H16FN. The number of hydrogen-bond acceptors (Lipinski definition) is 1. The molecule has 0 aliphatic heterocycles. The van der Waals surface area contributed by atoms with Crippen LogP contribution >= 0.6 is 0 Å². The van der Waals surface area contributed by atoms with Crippen molar-refractivity contribution in [3.8, 4) is 11.3 Å². The predicted octanol–water partition coefficient (Wildman–Crippen LogP) is 6.66. The van der Waals surface area contributed by atoms with Gasteiger partial charge in [0.25, 0.3) is 0 Å². The van der Waals surface area contributed by atoms with Crippen LogP contribution in [0.2, 0.25) is 0 Å². The lowest BCUT2D eigenvalue weighted by molar-refractivity contribution is 0.640. The van der Waals surface area contributed by atoms with Crippen LogP contribution in [0.5, 0.6) is 0 Å². The third kappa shape index (κ3) is 2.26. The van der Waals surface area contributed by atoms with Crippen LogP contribution in [0.3, 0.4) is 0 Å². The Morgan fingerprint density at radius 3 is 2.46 bits per heavy atom. The Balaban J connectivity index is 1.82. The molecular weight excluding hydrogens is 321 g/mol. The van der Waals surface area contributed by atoms with Gasteiger partial charge in [-0.15, -0.1) is 0 Å². The van der Waals surface area contributed by atoms with Crippen LogP contribution in [0, 0.1) is 12.7 Å². The quantitative estimate of drug-likeness (QED) is 0.312. The minimum atomic E-state index is -0.195. The Morgan fingerprint density at radius 1 is 0.731 bits per heavy atom. The second kappa shape index (κ2) is 5.63. The maximum atomic E-state index is 14.5. The molecule has 1 nitrogen and oxygen atoms in total. The van der Waals surface area contributed by atoms with Gasteiger partial charge < -0.3 is 0 Å². The fourth-order valence-corrected chi connectivity index (χ4v) is 3.74. The number of nitrogens with zero attached hydrogens (tertiary/aromatic N) is 1. The Bertz CT molecular complexity index is 1300. The molecule has 0 radical (unpaired) electrons. The fourth-order valence-electron chi connectivity index (χ4n) is 3.74. The second-order valence-electron chi connectivity index (χ2n) is 6.72. The number of hydrogen-bond donors (Lipinski definition) is 0. The summed E-state index contributed by atoms with van der Waals surface area (Å²) in [5.41, 5.74) is 3.17. The van der Waals surface area contributed by atoms with Gasteiger partial charge in [0.15, 0.2) is 0 Å². The van der Waals surface area contributed by atoms with Crippen LogP contribution in [-0.2, 0) is 0 Å². The SMILES string of the molecule is Cc1ccc2cc(-c3nccc4c3ccc3cccc(F)c34)ccc2c1. The second-order valence-corrected chi connectivity index (χ2v) is 6.72. The summed E-state index contributed by atoms with van der Waals surface area (Å²) >= 11 is 0.